The molecule has 0 aliphatic carbocycles. The lowest BCUT2D eigenvalue weighted by molar-refractivity contribution is 1.25. The van der Waals surface area contributed by atoms with E-state index in [0.29, 0.717) is 0 Å². The molecule has 0 unspecified atom stereocenters. The highest BCUT2D eigenvalue weighted by Crippen LogP contribution is 2.45. The second-order valence-electron chi connectivity index (χ2n) is 27.5. The summed E-state index contributed by atoms with van der Waals surface area (Å²) in [6, 6.07) is 127. The van der Waals surface area contributed by atoms with Gasteiger partial charge in [0.2, 0.25) is 0 Å². The Kier molecular flexibility index (Phi) is 20.2. The molecule has 0 amide bonds. The smallest absolute Gasteiger partial charge is 0.0886 e. The van der Waals surface area contributed by atoms with Crippen LogP contribution in [0.25, 0.3) is 190 Å². The highest BCUT2D eigenvalue weighted by molar-refractivity contribution is 5.97. The highest BCUT2D eigenvalue weighted by Gasteiger charge is 2.21. The van der Waals surface area contributed by atoms with Crippen molar-refractivity contribution in [2.24, 2.45) is 0 Å². The molecule has 0 spiro atoms. The molecule has 10 heteroatoms. The first kappa shape index (κ1) is 70.2. The van der Waals surface area contributed by atoms with Crippen molar-refractivity contribution in [3.8, 4) is 190 Å². The molecule has 0 saturated carbocycles. The van der Waals surface area contributed by atoms with Gasteiger partial charge in [0.05, 0.1) is 56.9 Å². The maximum Gasteiger partial charge on any atom is 0.0886 e. The molecule has 0 atom stereocenters. The van der Waals surface area contributed by atoms with Gasteiger partial charge in [0, 0.05) is 106 Å². The van der Waals surface area contributed by atoms with Gasteiger partial charge >= 0.3 is 0 Å². The van der Waals surface area contributed by atoms with Crippen LogP contribution >= 0.6 is 0 Å². The summed E-state index contributed by atoms with van der Waals surface area (Å²) in [5.74, 6) is 0. The zero-order valence-corrected chi connectivity index (χ0v) is 61.9. The van der Waals surface area contributed by atoms with E-state index in [9.17, 15) is 0 Å². The van der Waals surface area contributed by atoms with E-state index in [-0.39, 0.29) is 0 Å². The molecule has 0 saturated heterocycles. The van der Waals surface area contributed by atoms with Crippen molar-refractivity contribution >= 4 is 0 Å². The zero-order chi connectivity index (χ0) is 76.2. The maximum absolute atomic E-state index is 5.21. The van der Waals surface area contributed by atoms with Crippen molar-refractivity contribution in [2.45, 2.75) is 0 Å². The lowest BCUT2D eigenvalue weighted by atomic mass is 9.86. The van der Waals surface area contributed by atoms with Gasteiger partial charge in [0.25, 0.3) is 0 Å². The van der Waals surface area contributed by atoms with Gasteiger partial charge < -0.3 is 0 Å². The van der Waals surface area contributed by atoms with Crippen LogP contribution in [0.4, 0.5) is 0 Å². The lowest BCUT2D eigenvalue weighted by Crippen LogP contribution is -1.95. The summed E-state index contributed by atoms with van der Waals surface area (Å²) in [7, 11) is 0. The third-order valence-electron chi connectivity index (χ3n) is 20.4. The largest absolute Gasteiger partial charge is 0.265 e. The summed E-state index contributed by atoms with van der Waals surface area (Å²) in [4.78, 5) is 47.0. The molecule has 0 aliphatic rings. The number of pyridine rings is 10. The van der Waals surface area contributed by atoms with E-state index >= 15 is 0 Å². The average molecular weight is 1460 g/mol. The molecule has 0 radical (unpaired) electrons. The average Bonchev–Trinajstić information content (AvgIpc) is 0.771. The van der Waals surface area contributed by atoms with E-state index < -0.39 is 0 Å². The number of aromatic nitrogens is 10. The predicted molar refractivity (Wildman–Crippen MR) is 463 cm³/mol. The molecule has 0 bridgehead atoms. The quantitative estimate of drug-likeness (QED) is 0.0869. The first-order valence-electron chi connectivity index (χ1n) is 37.8. The Morgan fingerprint density at radius 1 is 0.123 bits per heavy atom. The summed E-state index contributed by atoms with van der Waals surface area (Å²) < 4.78 is 0. The molecule has 536 valence electrons. The van der Waals surface area contributed by atoms with Crippen molar-refractivity contribution in [3.05, 3.63) is 426 Å². The van der Waals surface area contributed by atoms with Crippen LogP contribution in [0.2, 0.25) is 0 Å². The lowest BCUT2D eigenvalue weighted by Gasteiger charge is -2.18. The minimum Gasteiger partial charge on any atom is -0.265 e. The van der Waals surface area contributed by atoms with Crippen molar-refractivity contribution < 1.29 is 0 Å². The van der Waals surface area contributed by atoms with Gasteiger partial charge in [-0.3, -0.25) is 34.9 Å². The highest BCUT2D eigenvalue weighted by atomic mass is 14.8. The van der Waals surface area contributed by atoms with Crippen molar-refractivity contribution in [1.29, 1.82) is 0 Å². The van der Waals surface area contributed by atoms with Crippen LogP contribution in [0.5, 0.6) is 0 Å². The molecule has 114 heavy (non-hydrogen) atoms. The minimum absolute atomic E-state index is 0.841. The Bertz CT molecular complexity index is 6080. The zero-order valence-electron chi connectivity index (χ0n) is 61.9. The van der Waals surface area contributed by atoms with E-state index in [2.05, 4.69) is 298 Å². The topological polar surface area (TPSA) is 129 Å². The van der Waals surface area contributed by atoms with Gasteiger partial charge in [-0.1, -0.05) is 218 Å². The molecule has 0 N–H and O–H groups in total. The summed E-state index contributed by atoms with van der Waals surface area (Å²) in [6.07, 6.45) is 18.4. The molecule has 10 aromatic heterocycles. The van der Waals surface area contributed by atoms with Crippen molar-refractivity contribution in [2.75, 3.05) is 0 Å². The fraction of sp³-hybridized carbons (Fsp3) is 0. The van der Waals surface area contributed by atoms with E-state index in [0.717, 1.165) is 190 Å². The Labute approximate surface area is 662 Å². The van der Waals surface area contributed by atoms with Crippen LogP contribution in [-0.4, -0.2) is 49.8 Å². The fourth-order valence-electron chi connectivity index (χ4n) is 14.9. The van der Waals surface area contributed by atoms with Gasteiger partial charge in [-0.05, 0) is 235 Å². The molecule has 9 aromatic carbocycles. The molecule has 0 fully saturated rings. The van der Waals surface area contributed by atoms with Gasteiger partial charge in [-0.2, -0.15) is 0 Å². The van der Waals surface area contributed by atoms with E-state index in [1.807, 2.05) is 116 Å². The standard InChI is InChI=1S/C55H37N5.C49H33N5/c1-2-13-38(14-3-1)50-21-10-24-53(58-50)47-18-7-4-15-44(47)41-35-42(45-16-5-8-19-48(45)54-25-11-22-51(59-54)39-27-31-56-32-28-39)37-43(36-41)46-17-6-9-20-49(46)55-26-12-23-52(60-55)40-29-33-57-34-30-40;1-4-14-43(40(11-1)34-23-27-50-28-24-34)37-29-38(44-15-5-2-12-41(44)35-19-21-48(53-32-35)46-17-7-9-25-51-46)31-39(30-37)45-16-6-3-13-42(45)36-20-22-49(54-33-36)47-18-8-10-26-52-47/h1-37H;1-33H. The second kappa shape index (κ2) is 32.7. The second-order valence-corrected chi connectivity index (χ2v) is 27.5. The Morgan fingerprint density at radius 3 is 0.658 bits per heavy atom. The summed E-state index contributed by atoms with van der Waals surface area (Å²) in [5, 5.41) is 0. The number of hydrogen-bond donors (Lipinski definition) is 0. The third-order valence-corrected chi connectivity index (χ3v) is 20.4. The first-order chi connectivity index (χ1) is 56.5. The van der Waals surface area contributed by atoms with Gasteiger partial charge in [-0.15, -0.1) is 0 Å². The van der Waals surface area contributed by atoms with Crippen LogP contribution in [0.15, 0.2) is 426 Å². The van der Waals surface area contributed by atoms with Gasteiger partial charge in [-0.25, -0.2) is 15.0 Å². The molecule has 19 aromatic rings. The van der Waals surface area contributed by atoms with E-state index in [1.54, 1.807) is 37.2 Å². The Hall–Kier alpha value is -15.5. The number of benzene rings is 9. The summed E-state index contributed by atoms with van der Waals surface area (Å²) in [6.45, 7) is 0. The van der Waals surface area contributed by atoms with Crippen molar-refractivity contribution in [3.63, 3.8) is 0 Å². The molecule has 0 aliphatic heterocycles. The fourth-order valence-corrected chi connectivity index (χ4v) is 14.9. The first-order valence-corrected chi connectivity index (χ1v) is 37.8. The molecule has 10 heterocycles. The van der Waals surface area contributed by atoms with E-state index in [1.165, 1.54) is 0 Å². The van der Waals surface area contributed by atoms with Crippen LogP contribution in [0.3, 0.4) is 0 Å². The third kappa shape index (κ3) is 15.2. The maximum atomic E-state index is 5.21. The Morgan fingerprint density at radius 2 is 0.360 bits per heavy atom. The van der Waals surface area contributed by atoms with Crippen molar-refractivity contribution in [1.82, 2.24) is 49.8 Å². The van der Waals surface area contributed by atoms with Crippen LogP contribution in [-0.2, 0) is 0 Å². The van der Waals surface area contributed by atoms with Crippen LogP contribution in [0, 0.1) is 0 Å². The van der Waals surface area contributed by atoms with Crippen LogP contribution in [0.1, 0.15) is 0 Å². The number of nitrogens with zero attached hydrogens (tertiary/aromatic N) is 10. The normalized spacial score (nSPS) is 11.0. The molecule has 19 rings (SSSR count). The molecule has 10 nitrogen and oxygen atoms in total. The molecular weight excluding hydrogens is 1390 g/mol. The Balaban J connectivity index is 0.000000159. The number of rotatable bonds is 17. The summed E-state index contributed by atoms with van der Waals surface area (Å²) in [5.41, 5.74) is 34.8. The van der Waals surface area contributed by atoms with E-state index in [4.69, 9.17) is 24.9 Å². The van der Waals surface area contributed by atoms with Crippen LogP contribution < -0.4 is 0 Å². The number of hydrogen-bond acceptors (Lipinski definition) is 10. The summed E-state index contributed by atoms with van der Waals surface area (Å²) >= 11 is 0. The molecular formula is C104H70N10. The SMILES string of the molecule is c1ccc(-c2ccc(-c3ccccc3-c3cc(-c4ccccc4-c4ccncc4)cc(-c4ccccc4-c4ccc(-c5ccccn5)nc4)c3)cn2)nc1.c1ccc(-c2cccc(-c3ccccc3-c3cc(-c4ccccc4-c4cccc(-c5ccncc5)n4)cc(-c4ccccc4-c4cccc(-c5ccncc5)n4)c3)n2)cc1. The minimum atomic E-state index is 0.841. The van der Waals surface area contributed by atoms with Gasteiger partial charge in [0.15, 0.2) is 0 Å². The predicted octanol–water partition coefficient (Wildman–Crippen LogP) is 25.7. The monoisotopic (exact) mass is 1460 g/mol. The van der Waals surface area contributed by atoms with Gasteiger partial charge in [0.1, 0.15) is 0 Å².